The Morgan fingerprint density at radius 2 is 1.85 bits per heavy atom. The van der Waals surface area contributed by atoms with Crippen molar-refractivity contribution in [2.45, 2.75) is 50.2 Å². The van der Waals surface area contributed by atoms with E-state index < -0.39 is 11.9 Å². The van der Waals surface area contributed by atoms with Crippen molar-refractivity contribution >= 4 is 27.5 Å². The summed E-state index contributed by atoms with van der Waals surface area (Å²) >= 11 is 0. The number of aliphatic hydroxyl groups excluding tert-OH is 1. The average Bonchev–Trinajstić information content (AvgIpc) is 3.52. The zero-order valence-electron chi connectivity index (χ0n) is 21.8. The Morgan fingerprint density at radius 3 is 2.67 bits per heavy atom. The van der Waals surface area contributed by atoms with E-state index in [0.717, 1.165) is 62.4 Å². The van der Waals surface area contributed by atoms with Crippen LogP contribution in [0, 0.1) is 5.82 Å². The molecule has 0 aliphatic carbocycles. The summed E-state index contributed by atoms with van der Waals surface area (Å²) in [5.74, 6) is -0.0212. The lowest BCUT2D eigenvalue weighted by Crippen LogP contribution is -2.43. The molecule has 1 atom stereocenters. The summed E-state index contributed by atoms with van der Waals surface area (Å²) < 4.78 is 22.7. The van der Waals surface area contributed by atoms with Gasteiger partial charge in [-0.1, -0.05) is 24.3 Å². The summed E-state index contributed by atoms with van der Waals surface area (Å²) in [5, 5.41) is 22.8. The number of aromatic nitrogens is 3. The van der Waals surface area contributed by atoms with Crippen molar-refractivity contribution in [2.75, 3.05) is 37.7 Å². The first kappa shape index (κ1) is 24.5. The second-order valence-electron chi connectivity index (χ2n) is 11.2. The summed E-state index contributed by atoms with van der Waals surface area (Å²) in [4.78, 5) is 18.3. The molecule has 4 aromatic rings. The van der Waals surface area contributed by atoms with E-state index in [1.807, 2.05) is 29.2 Å². The molecule has 3 saturated heterocycles. The number of aliphatic hydroxyl groups is 1. The number of phenols is 1. The van der Waals surface area contributed by atoms with Crippen LogP contribution in [-0.4, -0.2) is 74.5 Å². The number of anilines is 1. The van der Waals surface area contributed by atoms with Gasteiger partial charge in [0.1, 0.15) is 29.4 Å². The SMILES string of the molecule is Oc1cc(-c2ncc3c(N4CCCC(O)C4)nc(OCC45CCCN4CCC5)nc3c2F)c2ccccc2c1. The molecule has 8 nitrogen and oxygen atoms in total. The maximum Gasteiger partial charge on any atom is 0.319 e. The molecule has 2 N–H and O–H groups in total. The molecule has 9 heteroatoms. The van der Waals surface area contributed by atoms with E-state index in [-0.39, 0.29) is 28.5 Å². The Hall–Kier alpha value is -3.56. The molecule has 2 aromatic heterocycles. The van der Waals surface area contributed by atoms with Crippen molar-refractivity contribution in [3.05, 3.63) is 48.4 Å². The lowest BCUT2D eigenvalue weighted by atomic mass is 9.95. The summed E-state index contributed by atoms with van der Waals surface area (Å²) in [6, 6.07) is 10.8. The summed E-state index contributed by atoms with van der Waals surface area (Å²) in [6.07, 6.45) is 7.12. The molecule has 0 spiro atoms. The van der Waals surface area contributed by atoms with E-state index in [9.17, 15) is 10.2 Å². The van der Waals surface area contributed by atoms with Crippen molar-refractivity contribution in [3.63, 3.8) is 0 Å². The molecule has 2 aromatic carbocycles. The number of benzene rings is 2. The number of nitrogens with zero attached hydrogens (tertiary/aromatic N) is 5. The minimum absolute atomic E-state index is 0.00221. The molecular formula is C30H32FN5O3. The fraction of sp³-hybridized carbons (Fsp3) is 0.433. The van der Waals surface area contributed by atoms with E-state index in [1.165, 1.54) is 6.07 Å². The first-order valence-corrected chi connectivity index (χ1v) is 13.9. The number of aromatic hydroxyl groups is 1. The van der Waals surface area contributed by atoms with Gasteiger partial charge in [0.2, 0.25) is 0 Å². The molecule has 0 amide bonds. The van der Waals surface area contributed by atoms with E-state index in [2.05, 4.69) is 14.9 Å². The minimum Gasteiger partial charge on any atom is -0.508 e. The van der Waals surface area contributed by atoms with Gasteiger partial charge in [-0.2, -0.15) is 9.97 Å². The molecule has 3 fully saturated rings. The maximum atomic E-state index is 16.4. The third-order valence-corrected chi connectivity index (χ3v) is 8.72. The first-order valence-electron chi connectivity index (χ1n) is 13.9. The standard InChI is InChI=1S/C30H32FN5O3/c31-25-26(23-15-21(38)14-19-6-1-2-8-22(19)23)32-16-24-27(25)33-29(34-28(24)35-11-3-7-20(37)17-35)39-18-30-9-4-12-36(30)13-5-10-30/h1-2,6,8,14-16,20,37-38H,3-5,7,9-13,17-18H2. The summed E-state index contributed by atoms with van der Waals surface area (Å²) in [6.45, 7) is 3.74. The third kappa shape index (κ3) is 4.24. The van der Waals surface area contributed by atoms with Gasteiger partial charge in [-0.15, -0.1) is 0 Å². The zero-order chi connectivity index (χ0) is 26.6. The van der Waals surface area contributed by atoms with Crippen LogP contribution < -0.4 is 9.64 Å². The Bertz CT molecular complexity index is 1550. The Kier molecular flexibility index (Phi) is 6.01. The van der Waals surface area contributed by atoms with E-state index in [4.69, 9.17) is 9.72 Å². The van der Waals surface area contributed by atoms with Crippen LogP contribution in [0.5, 0.6) is 11.8 Å². The van der Waals surface area contributed by atoms with Crippen LogP contribution in [-0.2, 0) is 0 Å². The second-order valence-corrected chi connectivity index (χ2v) is 11.2. The van der Waals surface area contributed by atoms with Gasteiger partial charge in [0.15, 0.2) is 5.82 Å². The van der Waals surface area contributed by atoms with Crippen LogP contribution >= 0.6 is 0 Å². The molecule has 0 saturated carbocycles. The van der Waals surface area contributed by atoms with Crippen LogP contribution in [0.25, 0.3) is 32.9 Å². The fourth-order valence-corrected chi connectivity index (χ4v) is 6.81. The minimum atomic E-state index is -0.587. The van der Waals surface area contributed by atoms with Crippen molar-refractivity contribution in [3.8, 4) is 23.0 Å². The van der Waals surface area contributed by atoms with Crippen LogP contribution in [0.4, 0.5) is 10.2 Å². The van der Waals surface area contributed by atoms with Gasteiger partial charge in [-0.3, -0.25) is 9.88 Å². The third-order valence-electron chi connectivity index (χ3n) is 8.72. The summed E-state index contributed by atoms with van der Waals surface area (Å²) in [7, 11) is 0. The van der Waals surface area contributed by atoms with Crippen LogP contribution in [0.3, 0.4) is 0 Å². The number of rotatable bonds is 5. The average molecular weight is 530 g/mol. The number of piperidine rings is 1. The van der Waals surface area contributed by atoms with Gasteiger partial charge in [-0.05, 0) is 74.5 Å². The molecule has 3 aliphatic heterocycles. The monoisotopic (exact) mass is 529 g/mol. The Morgan fingerprint density at radius 1 is 1.03 bits per heavy atom. The number of ether oxygens (including phenoxy) is 1. The highest BCUT2D eigenvalue weighted by Crippen LogP contribution is 2.40. The topological polar surface area (TPSA) is 94.8 Å². The number of β-amino-alcohol motifs (C(OH)–C–C–N with tert-alkyl or cyclic N) is 1. The molecule has 0 bridgehead atoms. The number of phenolic OH excluding ortho intramolecular Hbond substituents is 1. The molecule has 202 valence electrons. The number of fused-ring (bicyclic) bond motifs is 3. The molecule has 5 heterocycles. The van der Waals surface area contributed by atoms with Crippen LogP contribution in [0.2, 0.25) is 0 Å². The summed E-state index contributed by atoms with van der Waals surface area (Å²) in [5.41, 5.74) is 0.731. The van der Waals surface area contributed by atoms with Gasteiger partial charge in [0, 0.05) is 24.8 Å². The van der Waals surface area contributed by atoms with Crippen LogP contribution in [0.1, 0.15) is 38.5 Å². The predicted octanol–water partition coefficient (Wildman–Crippen LogP) is 4.66. The smallest absolute Gasteiger partial charge is 0.319 e. The Labute approximate surface area is 226 Å². The van der Waals surface area contributed by atoms with Crippen molar-refractivity contribution in [1.82, 2.24) is 19.9 Å². The molecular weight excluding hydrogens is 497 g/mol. The normalized spacial score (nSPS) is 21.1. The fourth-order valence-electron chi connectivity index (χ4n) is 6.81. The molecule has 0 radical (unpaired) electrons. The van der Waals surface area contributed by atoms with Gasteiger partial charge in [0.25, 0.3) is 0 Å². The second kappa shape index (κ2) is 9.57. The highest BCUT2D eigenvalue weighted by molar-refractivity contribution is 5.99. The highest BCUT2D eigenvalue weighted by atomic mass is 19.1. The van der Waals surface area contributed by atoms with Gasteiger partial charge < -0.3 is 19.8 Å². The number of pyridine rings is 1. The van der Waals surface area contributed by atoms with E-state index in [1.54, 1.807) is 12.3 Å². The quantitative estimate of drug-likeness (QED) is 0.386. The largest absolute Gasteiger partial charge is 0.508 e. The van der Waals surface area contributed by atoms with Crippen molar-refractivity contribution in [1.29, 1.82) is 0 Å². The van der Waals surface area contributed by atoms with Crippen molar-refractivity contribution in [2.24, 2.45) is 0 Å². The van der Waals surface area contributed by atoms with E-state index in [0.29, 0.717) is 36.5 Å². The predicted molar refractivity (Wildman–Crippen MR) is 148 cm³/mol. The molecule has 3 aliphatic rings. The number of hydrogen-bond donors (Lipinski definition) is 2. The zero-order valence-corrected chi connectivity index (χ0v) is 21.8. The van der Waals surface area contributed by atoms with Crippen molar-refractivity contribution < 1.29 is 19.3 Å². The van der Waals surface area contributed by atoms with E-state index >= 15 is 4.39 Å². The Balaban J connectivity index is 1.35. The number of hydrogen-bond acceptors (Lipinski definition) is 8. The molecule has 7 rings (SSSR count). The van der Waals surface area contributed by atoms with Gasteiger partial charge in [0.05, 0.1) is 17.0 Å². The van der Waals surface area contributed by atoms with Gasteiger partial charge >= 0.3 is 6.01 Å². The lowest BCUT2D eigenvalue weighted by molar-refractivity contribution is 0.107. The highest BCUT2D eigenvalue weighted by Gasteiger charge is 2.45. The lowest BCUT2D eigenvalue weighted by Gasteiger charge is -2.33. The molecule has 1 unspecified atom stereocenters. The number of halogens is 1. The first-order chi connectivity index (χ1) is 19.0. The van der Waals surface area contributed by atoms with Gasteiger partial charge in [-0.25, -0.2) is 4.39 Å². The van der Waals surface area contributed by atoms with Crippen LogP contribution in [0.15, 0.2) is 42.6 Å². The molecule has 39 heavy (non-hydrogen) atoms. The maximum absolute atomic E-state index is 16.4.